The third-order valence-electron chi connectivity index (χ3n) is 3.62. The number of hydrogen-bond acceptors (Lipinski definition) is 2. The summed E-state index contributed by atoms with van der Waals surface area (Å²) in [5.41, 5.74) is 3.56. The Hall–Kier alpha value is -1.84. The third kappa shape index (κ3) is 4.86. The normalized spacial score (nSPS) is 10.5. The van der Waals surface area contributed by atoms with Gasteiger partial charge in [0.05, 0.1) is 0 Å². The van der Waals surface area contributed by atoms with E-state index in [1.165, 1.54) is 11.1 Å². The Balaban J connectivity index is 1.84. The third-order valence-corrected chi connectivity index (χ3v) is 3.87. The lowest BCUT2D eigenvalue weighted by Crippen LogP contribution is -2.32. The van der Waals surface area contributed by atoms with Gasteiger partial charge in [-0.2, -0.15) is 0 Å². The molecule has 4 heteroatoms. The fourth-order valence-electron chi connectivity index (χ4n) is 2.09. The molecule has 0 unspecified atom stereocenters. The first-order chi connectivity index (χ1) is 10.6. The van der Waals surface area contributed by atoms with Crippen molar-refractivity contribution in [2.45, 2.75) is 13.5 Å². The van der Waals surface area contributed by atoms with Gasteiger partial charge in [0.15, 0.2) is 0 Å². The van der Waals surface area contributed by atoms with Crippen LogP contribution >= 0.6 is 11.6 Å². The van der Waals surface area contributed by atoms with Gasteiger partial charge in [0.2, 0.25) is 5.91 Å². The maximum Gasteiger partial charge on any atom is 0.219 e. The number of nitrogens with one attached hydrogen (secondary N) is 1. The van der Waals surface area contributed by atoms with Crippen LogP contribution in [0.15, 0.2) is 48.5 Å². The van der Waals surface area contributed by atoms with Gasteiger partial charge in [-0.05, 0) is 28.8 Å². The Labute approximate surface area is 136 Å². The molecule has 2 aromatic rings. The molecular weight excluding hydrogens is 296 g/mol. The number of rotatable bonds is 6. The van der Waals surface area contributed by atoms with Gasteiger partial charge in [-0.25, -0.2) is 0 Å². The summed E-state index contributed by atoms with van der Waals surface area (Å²) in [6.45, 7) is 3.88. The lowest BCUT2D eigenvalue weighted by atomic mass is 10.0. The smallest absolute Gasteiger partial charge is 0.219 e. The number of likely N-dealkylation sites (N-methyl/N-ethyl adjacent to an activating group) is 1. The van der Waals surface area contributed by atoms with Crippen molar-refractivity contribution in [3.05, 3.63) is 59.1 Å². The van der Waals surface area contributed by atoms with E-state index in [0.29, 0.717) is 0 Å². The van der Waals surface area contributed by atoms with Crippen LogP contribution in [-0.4, -0.2) is 30.9 Å². The molecular formula is C18H21ClN2O. The summed E-state index contributed by atoms with van der Waals surface area (Å²) >= 11 is 5.90. The van der Waals surface area contributed by atoms with Crippen LogP contribution in [0.1, 0.15) is 12.5 Å². The fraction of sp³-hybridized carbons (Fsp3) is 0.278. The summed E-state index contributed by atoms with van der Waals surface area (Å²) in [6.07, 6.45) is 0. The highest BCUT2D eigenvalue weighted by Gasteiger charge is 2.01. The molecule has 0 aromatic heterocycles. The van der Waals surface area contributed by atoms with Crippen molar-refractivity contribution in [1.82, 2.24) is 10.2 Å². The second kappa shape index (κ2) is 7.97. The van der Waals surface area contributed by atoms with Crippen molar-refractivity contribution >= 4 is 17.5 Å². The lowest BCUT2D eigenvalue weighted by Gasteiger charge is -2.15. The minimum Gasteiger partial charge on any atom is -0.345 e. The quantitative estimate of drug-likeness (QED) is 0.826. The predicted molar refractivity (Wildman–Crippen MR) is 91.9 cm³/mol. The second-order valence-corrected chi connectivity index (χ2v) is 5.76. The molecule has 0 atom stereocenters. The molecule has 2 rings (SSSR count). The molecule has 0 heterocycles. The zero-order chi connectivity index (χ0) is 15.9. The van der Waals surface area contributed by atoms with Crippen molar-refractivity contribution < 1.29 is 4.79 Å². The first kappa shape index (κ1) is 16.5. The molecule has 22 heavy (non-hydrogen) atoms. The van der Waals surface area contributed by atoms with E-state index in [9.17, 15) is 4.79 Å². The SMILES string of the molecule is CC(=O)N(C)CCNCc1ccc(-c2ccc(Cl)cc2)cc1. The Bertz CT molecular complexity index is 608. The highest BCUT2D eigenvalue weighted by Crippen LogP contribution is 2.21. The second-order valence-electron chi connectivity index (χ2n) is 5.32. The summed E-state index contributed by atoms with van der Waals surface area (Å²) in [6, 6.07) is 16.3. The number of carbonyl (C=O) groups excluding carboxylic acids is 1. The molecule has 2 aromatic carbocycles. The number of nitrogens with zero attached hydrogens (tertiary/aromatic N) is 1. The minimum atomic E-state index is 0.0918. The molecule has 0 saturated heterocycles. The number of amides is 1. The number of hydrogen-bond donors (Lipinski definition) is 1. The molecule has 0 bridgehead atoms. The van der Waals surface area contributed by atoms with Crippen LogP contribution in [0.2, 0.25) is 5.02 Å². The monoisotopic (exact) mass is 316 g/mol. The topological polar surface area (TPSA) is 32.3 Å². The molecule has 0 saturated carbocycles. The highest BCUT2D eigenvalue weighted by atomic mass is 35.5. The van der Waals surface area contributed by atoms with E-state index < -0.39 is 0 Å². The molecule has 1 amide bonds. The largest absolute Gasteiger partial charge is 0.345 e. The van der Waals surface area contributed by atoms with Crippen molar-refractivity contribution in [1.29, 1.82) is 0 Å². The molecule has 116 valence electrons. The van der Waals surface area contributed by atoms with Crippen LogP contribution in [0.25, 0.3) is 11.1 Å². The highest BCUT2D eigenvalue weighted by molar-refractivity contribution is 6.30. The molecule has 0 spiro atoms. The van der Waals surface area contributed by atoms with Crippen LogP contribution in [0, 0.1) is 0 Å². The fourth-order valence-corrected chi connectivity index (χ4v) is 2.22. The Morgan fingerprint density at radius 1 is 1.05 bits per heavy atom. The zero-order valence-corrected chi connectivity index (χ0v) is 13.7. The minimum absolute atomic E-state index is 0.0918. The molecule has 0 aliphatic heterocycles. The van der Waals surface area contributed by atoms with Gasteiger partial charge < -0.3 is 10.2 Å². The molecule has 1 N–H and O–H groups in total. The maximum atomic E-state index is 11.1. The van der Waals surface area contributed by atoms with Crippen LogP contribution in [0.3, 0.4) is 0 Å². The van der Waals surface area contributed by atoms with E-state index in [4.69, 9.17) is 11.6 Å². The average Bonchev–Trinajstić information content (AvgIpc) is 2.52. The summed E-state index contributed by atoms with van der Waals surface area (Å²) < 4.78 is 0. The van der Waals surface area contributed by atoms with Gasteiger partial charge in [0.1, 0.15) is 0 Å². The average molecular weight is 317 g/mol. The van der Waals surface area contributed by atoms with E-state index >= 15 is 0 Å². The van der Waals surface area contributed by atoms with Crippen LogP contribution < -0.4 is 5.32 Å². The van der Waals surface area contributed by atoms with E-state index in [2.05, 4.69) is 29.6 Å². The van der Waals surface area contributed by atoms with Gasteiger partial charge in [0, 0.05) is 38.6 Å². The Morgan fingerprint density at radius 2 is 1.59 bits per heavy atom. The van der Waals surface area contributed by atoms with Crippen molar-refractivity contribution in [3.8, 4) is 11.1 Å². The van der Waals surface area contributed by atoms with Crippen molar-refractivity contribution in [2.24, 2.45) is 0 Å². The summed E-state index contributed by atoms with van der Waals surface area (Å²) in [7, 11) is 1.81. The lowest BCUT2D eigenvalue weighted by molar-refractivity contribution is -0.127. The molecule has 0 aliphatic carbocycles. The zero-order valence-electron chi connectivity index (χ0n) is 13.0. The molecule has 0 fully saturated rings. The van der Waals surface area contributed by atoms with Gasteiger partial charge >= 0.3 is 0 Å². The predicted octanol–water partition coefficient (Wildman–Crippen LogP) is 3.57. The van der Waals surface area contributed by atoms with Crippen LogP contribution in [-0.2, 0) is 11.3 Å². The standard InChI is InChI=1S/C18H21ClN2O/c1-14(22)21(2)12-11-20-13-15-3-5-16(6-4-15)17-7-9-18(19)10-8-17/h3-10,20H,11-13H2,1-2H3. The number of benzene rings is 2. The van der Waals surface area contributed by atoms with Crippen molar-refractivity contribution in [3.63, 3.8) is 0 Å². The summed E-state index contributed by atoms with van der Waals surface area (Å²) in [4.78, 5) is 12.8. The summed E-state index contributed by atoms with van der Waals surface area (Å²) in [5.74, 6) is 0.0918. The van der Waals surface area contributed by atoms with Crippen LogP contribution in [0.5, 0.6) is 0 Å². The van der Waals surface area contributed by atoms with E-state index in [0.717, 1.165) is 30.2 Å². The Kier molecular flexibility index (Phi) is 5.99. The molecule has 0 radical (unpaired) electrons. The number of carbonyl (C=O) groups is 1. The number of halogens is 1. The Morgan fingerprint density at radius 3 is 2.14 bits per heavy atom. The molecule has 0 aliphatic rings. The van der Waals surface area contributed by atoms with Gasteiger partial charge in [-0.3, -0.25) is 4.79 Å². The maximum absolute atomic E-state index is 11.1. The van der Waals surface area contributed by atoms with Crippen LogP contribution in [0.4, 0.5) is 0 Å². The van der Waals surface area contributed by atoms with Gasteiger partial charge in [-0.1, -0.05) is 48.0 Å². The van der Waals surface area contributed by atoms with E-state index in [1.54, 1.807) is 11.8 Å². The van der Waals surface area contributed by atoms with E-state index in [-0.39, 0.29) is 5.91 Å². The van der Waals surface area contributed by atoms with Gasteiger partial charge in [0.25, 0.3) is 0 Å². The van der Waals surface area contributed by atoms with E-state index in [1.807, 2.05) is 31.3 Å². The van der Waals surface area contributed by atoms with Crippen molar-refractivity contribution in [2.75, 3.05) is 20.1 Å². The first-order valence-electron chi connectivity index (χ1n) is 7.33. The summed E-state index contributed by atoms with van der Waals surface area (Å²) in [5, 5.41) is 4.09. The molecule has 3 nitrogen and oxygen atoms in total. The van der Waals surface area contributed by atoms with Gasteiger partial charge in [-0.15, -0.1) is 0 Å². The first-order valence-corrected chi connectivity index (χ1v) is 7.71.